The number of unbranched alkanes of at least 4 members (excludes halogenated alkanes) is 1. The minimum absolute atomic E-state index is 0.351. The van der Waals surface area contributed by atoms with Gasteiger partial charge in [-0.3, -0.25) is 0 Å². The van der Waals surface area contributed by atoms with Crippen LogP contribution in [0, 0.1) is 5.92 Å². The molecule has 0 radical (unpaired) electrons. The molecule has 0 amide bonds. The lowest BCUT2D eigenvalue weighted by Crippen LogP contribution is -2.26. The summed E-state index contributed by atoms with van der Waals surface area (Å²) in [6.45, 7) is 6.44. The third-order valence-electron chi connectivity index (χ3n) is 2.99. The third kappa shape index (κ3) is 4.63. The highest BCUT2D eigenvalue weighted by Crippen LogP contribution is 2.16. The molecule has 1 N–H and O–H groups in total. The summed E-state index contributed by atoms with van der Waals surface area (Å²) in [5, 5.41) is 8.67. The lowest BCUT2D eigenvalue weighted by molar-refractivity contribution is 0.245. The predicted molar refractivity (Wildman–Crippen MR) is 55.8 cm³/mol. The van der Waals surface area contributed by atoms with Crippen molar-refractivity contribution in [3.63, 3.8) is 0 Å². The van der Waals surface area contributed by atoms with Crippen molar-refractivity contribution >= 4 is 0 Å². The summed E-state index contributed by atoms with van der Waals surface area (Å²) in [4.78, 5) is 2.55. The molecular formula is C11H23NO. The van der Waals surface area contributed by atoms with Gasteiger partial charge in [0, 0.05) is 6.61 Å². The van der Waals surface area contributed by atoms with Gasteiger partial charge in [0.05, 0.1) is 0 Å². The van der Waals surface area contributed by atoms with E-state index in [1.54, 1.807) is 0 Å². The van der Waals surface area contributed by atoms with Crippen molar-refractivity contribution in [1.82, 2.24) is 4.90 Å². The Kier molecular flexibility index (Phi) is 5.40. The quantitative estimate of drug-likeness (QED) is 0.676. The SMILES string of the molecule is CC1CCCN(CCCCO)CC1. The normalized spacial score (nSPS) is 25.8. The maximum atomic E-state index is 8.67. The lowest BCUT2D eigenvalue weighted by Gasteiger charge is -2.19. The zero-order chi connectivity index (χ0) is 9.52. The smallest absolute Gasteiger partial charge is 0.0431 e. The molecule has 0 aliphatic carbocycles. The second-order valence-corrected chi connectivity index (χ2v) is 4.31. The van der Waals surface area contributed by atoms with Crippen molar-refractivity contribution in [3.05, 3.63) is 0 Å². The van der Waals surface area contributed by atoms with Crippen LogP contribution in [0.25, 0.3) is 0 Å². The molecule has 1 saturated heterocycles. The first-order valence-electron chi connectivity index (χ1n) is 5.66. The van der Waals surface area contributed by atoms with Gasteiger partial charge in [-0.15, -0.1) is 0 Å². The van der Waals surface area contributed by atoms with E-state index >= 15 is 0 Å². The fourth-order valence-electron chi connectivity index (χ4n) is 1.99. The summed E-state index contributed by atoms with van der Waals surface area (Å²) >= 11 is 0. The summed E-state index contributed by atoms with van der Waals surface area (Å²) in [6.07, 6.45) is 6.24. The zero-order valence-corrected chi connectivity index (χ0v) is 8.84. The van der Waals surface area contributed by atoms with Gasteiger partial charge in [-0.1, -0.05) is 6.92 Å². The lowest BCUT2D eigenvalue weighted by atomic mass is 10.0. The molecule has 0 aromatic carbocycles. The Morgan fingerprint density at radius 3 is 2.85 bits per heavy atom. The highest BCUT2D eigenvalue weighted by atomic mass is 16.2. The summed E-state index contributed by atoms with van der Waals surface area (Å²) in [6, 6.07) is 0. The molecule has 0 aromatic heterocycles. The van der Waals surface area contributed by atoms with Crippen LogP contribution in [0.4, 0.5) is 0 Å². The Hall–Kier alpha value is -0.0800. The van der Waals surface area contributed by atoms with E-state index < -0.39 is 0 Å². The van der Waals surface area contributed by atoms with E-state index in [-0.39, 0.29) is 0 Å². The average Bonchev–Trinajstić information content (AvgIpc) is 2.32. The number of hydrogen-bond donors (Lipinski definition) is 1. The molecule has 0 bridgehead atoms. The van der Waals surface area contributed by atoms with Gasteiger partial charge < -0.3 is 10.0 Å². The third-order valence-corrected chi connectivity index (χ3v) is 2.99. The van der Waals surface area contributed by atoms with E-state index in [1.807, 2.05) is 0 Å². The van der Waals surface area contributed by atoms with Gasteiger partial charge in [0.25, 0.3) is 0 Å². The van der Waals surface area contributed by atoms with Gasteiger partial charge in [-0.25, -0.2) is 0 Å². The molecule has 0 saturated carbocycles. The fourth-order valence-corrected chi connectivity index (χ4v) is 1.99. The largest absolute Gasteiger partial charge is 0.396 e. The second kappa shape index (κ2) is 6.39. The Morgan fingerprint density at radius 2 is 2.08 bits per heavy atom. The molecular weight excluding hydrogens is 162 g/mol. The molecule has 1 rings (SSSR count). The van der Waals surface area contributed by atoms with Gasteiger partial charge in [-0.2, -0.15) is 0 Å². The van der Waals surface area contributed by atoms with E-state index in [1.165, 1.54) is 38.9 Å². The fraction of sp³-hybridized carbons (Fsp3) is 1.00. The molecule has 1 unspecified atom stereocenters. The van der Waals surface area contributed by atoms with Crippen LogP contribution < -0.4 is 0 Å². The summed E-state index contributed by atoms with van der Waals surface area (Å²) in [5.41, 5.74) is 0. The molecule has 78 valence electrons. The monoisotopic (exact) mass is 185 g/mol. The van der Waals surface area contributed by atoms with Gasteiger partial charge in [-0.05, 0) is 57.7 Å². The van der Waals surface area contributed by atoms with Crippen LogP contribution in [0.5, 0.6) is 0 Å². The van der Waals surface area contributed by atoms with E-state index in [0.717, 1.165) is 18.8 Å². The second-order valence-electron chi connectivity index (χ2n) is 4.31. The maximum Gasteiger partial charge on any atom is 0.0431 e. The van der Waals surface area contributed by atoms with Crippen molar-refractivity contribution < 1.29 is 5.11 Å². The number of aliphatic hydroxyl groups excluding tert-OH is 1. The number of rotatable bonds is 4. The Bertz CT molecular complexity index is 127. The minimum Gasteiger partial charge on any atom is -0.396 e. The number of aliphatic hydroxyl groups is 1. The molecule has 1 aliphatic heterocycles. The number of hydrogen-bond acceptors (Lipinski definition) is 2. The van der Waals surface area contributed by atoms with Crippen molar-refractivity contribution in [2.24, 2.45) is 5.92 Å². The Labute approximate surface area is 81.9 Å². The molecule has 1 atom stereocenters. The Morgan fingerprint density at radius 1 is 1.23 bits per heavy atom. The molecule has 1 aliphatic rings. The molecule has 2 heteroatoms. The van der Waals surface area contributed by atoms with E-state index in [2.05, 4.69) is 11.8 Å². The van der Waals surface area contributed by atoms with Crippen LogP contribution in [-0.2, 0) is 0 Å². The Balaban J connectivity index is 2.11. The maximum absolute atomic E-state index is 8.67. The van der Waals surface area contributed by atoms with Crippen LogP contribution >= 0.6 is 0 Å². The molecule has 2 nitrogen and oxygen atoms in total. The molecule has 13 heavy (non-hydrogen) atoms. The topological polar surface area (TPSA) is 23.5 Å². The highest BCUT2D eigenvalue weighted by molar-refractivity contribution is 4.67. The van der Waals surface area contributed by atoms with Crippen molar-refractivity contribution in [2.75, 3.05) is 26.2 Å². The van der Waals surface area contributed by atoms with Crippen LogP contribution in [0.1, 0.15) is 39.0 Å². The summed E-state index contributed by atoms with van der Waals surface area (Å²) in [5.74, 6) is 0.919. The predicted octanol–water partition coefficient (Wildman–Crippen LogP) is 1.88. The summed E-state index contributed by atoms with van der Waals surface area (Å²) in [7, 11) is 0. The molecule has 0 aromatic rings. The molecule has 1 fully saturated rings. The van der Waals surface area contributed by atoms with Gasteiger partial charge in [0.1, 0.15) is 0 Å². The van der Waals surface area contributed by atoms with Crippen molar-refractivity contribution in [1.29, 1.82) is 0 Å². The van der Waals surface area contributed by atoms with E-state index in [0.29, 0.717) is 6.61 Å². The molecule has 0 spiro atoms. The first-order valence-corrected chi connectivity index (χ1v) is 5.66. The zero-order valence-electron chi connectivity index (χ0n) is 8.84. The minimum atomic E-state index is 0.351. The van der Waals surface area contributed by atoms with Crippen LogP contribution in [0.2, 0.25) is 0 Å². The van der Waals surface area contributed by atoms with Crippen molar-refractivity contribution in [2.45, 2.75) is 39.0 Å². The molecule has 1 heterocycles. The summed E-state index contributed by atoms with van der Waals surface area (Å²) < 4.78 is 0. The number of likely N-dealkylation sites (tertiary alicyclic amines) is 1. The van der Waals surface area contributed by atoms with Crippen LogP contribution in [-0.4, -0.2) is 36.2 Å². The van der Waals surface area contributed by atoms with Gasteiger partial charge in [0.2, 0.25) is 0 Å². The first-order chi connectivity index (χ1) is 6.33. The number of nitrogens with zero attached hydrogens (tertiary/aromatic N) is 1. The average molecular weight is 185 g/mol. The van der Waals surface area contributed by atoms with Crippen LogP contribution in [0.3, 0.4) is 0 Å². The standard InChI is InChI=1S/C11H23NO/c1-11-5-4-8-12(9-6-11)7-2-3-10-13/h11,13H,2-10H2,1H3. The van der Waals surface area contributed by atoms with Gasteiger partial charge in [0.15, 0.2) is 0 Å². The van der Waals surface area contributed by atoms with Crippen LogP contribution in [0.15, 0.2) is 0 Å². The van der Waals surface area contributed by atoms with E-state index in [9.17, 15) is 0 Å². The van der Waals surface area contributed by atoms with Gasteiger partial charge >= 0.3 is 0 Å². The van der Waals surface area contributed by atoms with Crippen molar-refractivity contribution in [3.8, 4) is 0 Å². The van der Waals surface area contributed by atoms with E-state index in [4.69, 9.17) is 5.11 Å². The first kappa shape index (κ1) is 11.0. The highest BCUT2D eigenvalue weighted by Gasteiger charge is 2.12.